The van der Waals surface area contributed by atoms with Gasteiger partial charge in [0.05, 0.1) is 5.69 Å². The van der Waals surface area contributed by atoms with E-state index in [2.05, 4.69) is 114 Å². The molecule has 0 saturated carbocycles. The monoisotopic (exact) mass is 522 g/mol. The number of para-hydroxylation sites is 2. The van der Waals surface area contributed by atoms with E-state index in [0.29, 0.717) is 0 Å². The molecule has 0 N–H and O–H groups in total. The first-order valence-corrected chi connectivity index (χ1v) is 13.8. The van der Waals surface area contributed by atoms with E-state index in [1.807, 2.05) is 24.4 Å². The van der Waals surface area contributed by atoms with Crippen molar-refractivity contribution in [2.75, 3.05) is 0 Å². The van der Waals surface area contributed by atoms with Gasteiger partial charge in [-0.05, 0) is 57.6 Å². The van der Waals surface area contributed by atoms with E-state index in [4.69, 9.17) is 9.40 Å². The third-order valence-corrected chi connectivity index (χ3v) is 8.31. The Kier molecular flexibility index (Phi) is 4.61. The number of aromatic nitrogens is 2. The molecule has 190 valence electrons. The van der Waals surface area contributed by atoms with Gasteiger partial charge in [-0.1, -0.05) is 103 Å². The molecule has 0 radical (unpaired) electrons. The second kappa shape index (κ2) is 8.48. The third-order valence-electron chi connectivity index (χ3n) is 8.31. The van der Waals surface area contributed by atoms with E-state index in [9.17, 15) is 0 Å². The Balaban J connectivity index is 1.48. The van der Waals surface area contributed by atoms with Crippen LogP contribution in [0.3, 0.4) is 0 Å². The molecule has 0 amide bonds. The summed E-state index contributed by atoms with van der Waals surface area (Å²) in [6.45, 7) is 0. The van der Waals surface area contributed by atoms with Crippen molar-refractivity contribution in [3.63, 3.8) is 0 Å². The fraction of sp³-hybridized carbons (Fsp3) is 0. The first-order valence-electron chi connectivity index (χ1n) is 13.8. The van der Waals surface area contributed by atoms with E-state index < -0.39 is 0 Å². The van der Waals surface area contributed by atoms with Crippen molar-refractivity contribution in [2.45, 2.75) is 0 Å². The van der Waals surface area contributed by atoms with E-state index in [1.54, 1.807) is 0 Å². The first-order chi connectivity index (χ1) is 20.3. The van der Waals surface area contributed by atoms with Crippen LogP contribution in [0, 0.1) is 0 Å². The van der Waals surface area contributed by atoms with Crippen LogP contribution in [0.2, 0.25) is 0 Å². The van der Waals surface area contributed by atoms with Crippen LogP contribution in [0.15, 0.2) is 138 Å². The minimum atomic E-state index is 0.736. The summed E-state index contributed by atoms with van der Waals surface area (Å²) in [6, 6.07) is 44.9. The summed E-state index contributed by atoms with van der Waals surface area (Å²) in [5, 5.41) is 3.25. The summed E-state index contributed by atoms with van der Waals surface area (Å²) in [5.74, 6) is 0. The van der Waals surface area contributed by atoms with Gasteiger partial charge >= 0.3 is 0 Å². The first kappa shape index (κ1) is 22.3. The van der Waals surface area contributed by atoms with Gasteiger partial charge in [-0.25, -0.2) is 9.97 Å². The molecule has 1 aliphatic rings. The zero-order valence-corrected chi connectivity index (χ0v) is 22.0. The highest BCUT2D eigenvalue weighted by Crippen LogP contribution is 2.51. The average Bonchev–Trinajstić information content (AvgIpc) is 3.42. The topological polar surface area (TPSA) is 38.9 Å². The van der Waals surface area contributed by atoms with Crippen molar-refractivity contribution in [2.24, 2.45) is 0 Å². The van der Waals surface area contributed by atoms with Crippen LogP contribution >= 0.6 is 0 Å². The maximum absolute atomic E-state index is 6.54. The Morgan fingerprint density at radius 2 is 1.05 bits per heavy atom. The second-order valence-corrected chi connectivity index (χ2v) is 10.5. The number of rotatable bonds is 1. The van der Waals surface area contributed by atoms with Crippen molar-refractivity contribution in [1.29, 1.82) is 0 Å². The lowest BCUT2D eigenvalue weighted by atomic mass is 9.80. The van der Waals surface area contributed by atoms with Crippen LogP contribution in [0.5, 0.6) is 0 Å². The van der Waals surface area contributed by atoms with E-state index in [1.165, 1.54) is 16.7 Å². The van der Waals surface area contributed by atoms with Crippen LogP contribution in [0.1, 0.15) is 0 Å². The second-order valence-electron chi connectivity index (χ2n) is 10.5. The normalized spacial score (nSPS) is 11.9. The van der Waals surface area contributed by atoms with Crippen molar-refractivity contribution < 1.29 is 4.42 Å². The smallest absolute Gasteiger partial charge is 0.159 e. The number of pyridine rings is 2. The van der Waals surface area contributed by atoms with Crippen molar-refractivity contribution in [1.82, 2.24) is 9.97 Å². The van der Waals surface area contributed by atoms with Gasteiger partial charge in [0.1, 0.15) is 11.2 Å². The van der Waals surface area contributed by atoms with Crippen molar-refractivity contribution >= 4 is 33.0 Å². The Hall–Kier alpha value is -5.54. The van der Waals surface area contributed by atoms with Gasteiger partial charge in [0.2, 0.25) is 0 Å². The van der Waals surface area contributed by atoms with Gasteiger partial charge < -0.3 is 4.42 Å². The minimum Gasteiger partial charge on any atom is -0.455 e. The molecule has 0 unspecified atom stereocenters. The Labute approximate surface area is 236 Å². The lowest BCUT2D eigenvalue weighted by Crippen LogP contribution is -2.01. The SMILES string of the molecule is c1ccc2c(c1)-c1ccccc1-c1cccc(-c3cccc4c3oc3ccccc34)c1-c1nc3ncccc3cc1-2. The predicted molar refractivity (Wildman–Crippen MR) is 168 cm³/mol. The van der Waals surface area contributed by atoms with Crippen LogP contribution in [0.25, 0.3) is 88.7 Å². The van der Waals surface area contributed by atoms with Gasteiger partial charge in [-0.3, -0.25) is 0 Å². The zero-order chi connectivity index (χ0) is 26.9. The molecule has 3 aromatic heterocycles. The average molecular weight is 523 g/mol. The number of benzene rings is 5. The van der Waals surface area contributed by atoms with Gasteiger partial charge in [0.15, 0.2) is 5.65 Å². The molecule has 8 aromatic rings. The molecule has 0 saturated heterocycles. The van der Waals surface area contributed by atoms with E-state index >= 15 is 0 Å². The summed E-state index contributed by atoms with van der Waals surface area (Å²) in [5.41, 5.74) is 13.7. The van der Waals surface area contributed by atoms with Gasteiger partial charge in [0.25, 0.3) is 0 Å². The summed E-state index contributed by atoms with van der Waals surface area (Å²) in [4.78, 5) is 9.97. The summed E-state index contributed by atoms with van der Waals surface area (Å²) in [7, 11) is 0. The highest BCUT2D eigenvalue weighted by Gasteiger charge is 2.27. The van der Waals surface area contributed by atoms with E-state index in [0.717, 1.165) is 72.0 Å². The summed E-state index contributed by atoms with van der Waals surface area (Å²) < 4.78 is 6.54. The Morgan fingerprint density at radius 3 is 1.85 bits per heavy atom. The van der Waals surface area contributed by atoms with Crippen LogP contribution < -0.4 is 0 Å². The Bertz CT molecular complexity index is 2330. The number of fused-ring (bicyclic) bond motifs is 12. The molecular formula is C38H22N2O. The van der Waals surface area contributed by atoms with Gasteiger partial charge in [0, 0.05) is 39.0 Å². The molecule has 5 aromatic carbocycles. The largest absolute Gasteiger partial charge is 0.455 e. The van der Waals surface area contributed by atoms with Crippen LogP contribution in [-0.2, 0) is 0 Å². The molecule has 0 bridgehead atoms. The number of nitrogens with zero attached hydrogens (tertiary/aromatic N) is 2. The standard InChI is InChI=1S/C38H22N2O/c1-3-13-26-24(11-1)25-12-2-4-14-27(25)33-22-23-10-9-21-39-38(23)40-36(33)35-29(26)16-7-17-30(35)32-19-8-18-31-28-15-5-6-20-34(28)41-37(31)32/h1-22H. The molecule has 0 fully saturated rings. The molecule has 3 nitrogen and oxygen atoms in total. The highest BCUT2D eigenvalue weighted by molar-refractivity contribution is 6.13. The van der Waals surface area contributed by atoms with Gasteiger partial charge in [-0.15, -0.1) is 0 Å². The molecule has 0 spiro atoms. The fourth-order valence-electron chi connectivity index (χ4n) is 6.52. The molecule has 0 atom stereocenters. The molecule has 3 heteroatoms. The molecule has 41 heavy (non-hydrogen) atoms. The lowest BCUT2D eigenvalue weighted by Gasteiger charge is -2.24. The third kappa shape index (κ3) is 3.20. The zero-order valence-electron chi connectivity index (χ0n) is 22.0. The summed E-state index contributed by atoms with van der Waals surface area (Å²) in [6.07, 6.45) is 1.82. The molecule has 9 rings (SSSR count). The lowest BCUT2D eigenvalue weighted by molar-refractivity contribution is 0.670. The number of hydrogen-bond acceptors (Lipinski definition) is 3. The molecular weight excluding hydrogens is 500 g/mol. The van der Waals surface area contributed by atoms with Gasteiger partial charge in [-0.2, -0.15) is 0 Å². The minimum absolute atomic E-state index is 0.736. The molecule has 1 aliphatic carbocycles. The van der Waals surface area contributed by atoms with Crippen LogP contribution in [0.4, 0.5) is 0 Å². The predicted octanol–water partition coefficient (Wildman–Crippen LogP) is 10.2. The molecule has 3 heterocycles. The van der Waals surface area contributed by atoms with E-state index in [-0.39, 0.29) is 0 Å². The Morgan fingerprint density at radius 1 is 0.463 bits per heavy atom. The van der Waals surface area contributed by atoms with Crippen LogP contribution in [-0.4, -0.2) is 9.97 Å². The number of furan rings is 1. The maximum Gasteiger partial charge on any atom is 0.159 e. The van der Waals surface area contributed by atoms with Crippen molar-refractivity contribution in [3.05, 3.63) is 134 Å². The quantitative estimate of drug-likeness (QED) is 0.215. The molecule has 0 aliphatic heterocycles. The summed E-state index contributed by atoms with van der Waals surface area (Å²) >= 11 is 0. The maximum atomic E-state index is 6.54. The van der Waals surface area contributed by atoms with Crippen molar-refractivity contribution in [3.8, 4) is 55.8 Å². The highest BCUT2D eigenvalue weighted by atomic mass is 16.3. The number of hydrogen-bond donors (Lipinski definition) is 0. The fourth-order valence-corrected chi connectivity index (χ4v) is 6.52.